The Hall–Kier alpha value is -2.85. The van der Waals surface area contributed by atoms with Crippen molar-refractivity contribution in [2.24, 2.45) is 0 Å². The van der Waals surface area contributed by atoms with Crippen molar-refractivity contribution in [1.82, 2.24) is 0 Å². The first-order valence-electron chi connectivity index (χ1n) is 19.3. The van der Waals surface area contributed by atoms with Crippen molar-refractivity contribution >= 4 is 7.74 Å². The third kappa shape index (κ3) is 9.88. The molecule has 0 aliphatic heterocycles. The van der Waals surface area contributed by atoms with Gasteiger partial charge >= 0.3 is 274 Å². The molecule has 0 spiro atoms. The first-order chi connectivity index (χ1) is 25.6. The Morgan fingerprint density at radius 2 is 0.736 bits per heavy atom. The maximum absolute atomic E-state index is 16.5. The minimum atomic E-state index is -5.93. The molecule has 0 radical (unpaired) electrons. The molecule has 0 aromatic heterocycles. The molecule has 2 aromatic rings. The minimum absolute atomic E-state index is 0.0355. The standard InChI is InChI=1S/2C16H21F4O.2C5H5.Ti/c2*1-2-3-4-5-6-7-8-9-10-21-16-14(19)12(17)11-13(18)15(16)20;2*1-2-4-5-3-1;/h2*2-10H2,1H3;2*1-3H,4H2;. The van der Waals surface area contributed by atoms with Crippen LogP contribution in [0.5, 0.6) is 11.5 Å². The van der Waals surface area contributed by atoms with E-state index in [1.807, 2.05) is 0 Å². The zero-order valence-electron chi connectivity index (χ0n) is 30.9. The van der Waals surface area contributed by atoms with Crippen LogP contribution in [0.1, 0.15) is 129 Å². The molecule has 2 aliphatic rings. The molecule has 2 aliphatic carbocycles. The van der Waals surface area contributed by atoms with Gasteiger partial charge in [-0.3, -0.25) is 0 Å². The van der Waals surface area contributed by atoms with Gasteiger partial charge in [0.15, 0.2) is 0 Å². The average molecular weight is 789 g/mol. The van der Waals surface area contributed by atoms with Crippen LogP contribution < -0.4 is 17.2 Å². The summed E-state index contributed by atoms with van der Waals surface area (Å²) in [5, 5.41) is 0. The van der Waals surface area contributed by atoms with E-state index in [2.05, 4.69) is 13.8 Å². The van der Waals surface area contributed by atoms with E-state index in [1.165, 1.54) is 36.5 Å². The Morgan fingerprint density at radius 3 is 1.02 bits per heavy atom. The van der Waals surface area contributed by atoms with E-state index in [0.29, 0.717) is 25.7 Å². The molecule has 0 N–H and O–H groups in total. The quantitative estimate of drug-likeness (QED) is 0.0457. The topological polar surface area (TPSA) is 18.5 Å². The maximum atomic E-state index is 16.5. The van der Waals surface area contributed by atoms with Crippen LogP contribution in [0, 0.1) is 46.5 Å². The van der Waals surface area contributed by atoms with Crippen molar-refractivity contribution in [3.8, 4) is 11.5 Å². The molecule has 2 nitrogen and oxygen atoms in total. The van der Waals surface area contributed by atoms with E-state index >= 15 is 35.1 Å². The summed E-state index contributed by atoms with van der Waals surface area (Å²) >= 11 is -5.93. The molecular formula is C42H52F8O2Ti. The summed E-state index contributed by atoms with van der Waals surface area (Å²) < 4.78 is 138. The van der Waals surface area contributed by atoms with Gasteiger partial charge in [-0.2, -0.15) is 0 Å². The van der Waals surface area contributed by atoms with E-state index in [4.69, 9.17) is 9.47 Å². The second-order valence-corrected chi connectivity index (χ2v) is 19.9. The summed E-state index contributed by atoms with van der Waals surface area (Å²) in [6.45, 7) is 3.78. The number of benzene rings is 2. The van der Waals surface area contributed by atoms with Gasteiger partial charge in [0.25, 0.3) is 0 Å². The molecule has 0 heterocycles. The molecular weight excluding hydrogens is 736 g/mol. The molecule has 0 unspecified atom stereocenters. The summed E-state index contributed by atoms with van der Waals surface area (Å²) in [6, 6.07) is 0. The zero-order chi connectivity index (χ0) is 38.4. The van der Waals surface area contributed by atoms with Crippen LogP contribution in [0.15, 0.2) is 44.2 Å². The number of unbranched alkanes of at least 4 members (excludes halogenated alkanes) is 14. The molecule has 4 rings (SSSR count). The summed E-state index contributed by atoms with van der Waals surface area (Å²) in [6.07, 6.45) is 23.1. The van der Waals surface area contributed by atoms with E-state index in [1.54, 1.807) is 0 Å². The Bertz CT molecular complexity index is 1490. The van der Waals surface area contributed by atoms with Crippen LogP contribution in [0.3, 0.4) is 0 Å². The molecule has 0 bridgehead atoms. The van der Waals surface area contributed by atoms with Crippen molar-refractivity contribution in [3.05, 3.63) is 90.7 Å². The summed E-state index contributed by atoms with van der Waals surface area (Å²) in [7, 11) is 0. The van der Waals surface area contributed by atoms with Gasteiger partial charge in [-0.25, -0.2) is 0 Å². The molecule has 2 aromatic carbocycles. The van der Waals surface area contributed by atoms with Gasteiger partial charge in [-0.1, -0.05) is 39.5 Å². The number of hydrogen-bond acceptors (Lipinski definition) is 2. The third-order valence-electron chi connectivity index (χ3n) is 10.2. The fourth-order valence-corrected chi connectivity index (χ4v) is 15.6. The van der Waals surface area contributed by atoms with Crippen LogP contribution in [0.4, 0.5) is 35.1 Å². The number of halogens is 8. The molecule has 0 atom stereocenters. The van der Waals surface area contributed by atoms with Crippen molar-refractivity contribution in [3.63, 3.8) is 0 Å². The summed E-state index contributed by atoms with van der Waals surface area (Å²) in [4.78, 5) is 0. The van der Waals surface area contributed by atoms with Gasteiger partial charge < -0.3 is 0 Å². The third-order valence-corrected chi connectivity index (χ3v) is 18.1. The van der Waals surface area contributed by atoms with Crippen LogP contribution in [0.25, 0.3) is 0 Å². The fraction of sp³-hybridized carbons (Fsp3) is 0.524. The Labute approximate surface area is 312 Å². The Morgan fingerprint density at radius 1 is 0.434 bits per heavy atom. The number of ether oxygens (including phenoxy) is 2. The normalized spacial score (nSPS) is 14.0. The predicted octanol–water partition coefficient (Wildman–Crippen LogP) is 12.6. The Kier molecular flexibility index (Phi) is 17.2. The van der Waals surface area contributed by atoms with Crippen LogP contribution in [0.2, 0.25) is 0 Å². The SMILES string of the molecule is CCCCCCCCCCOc1c(F)c(F)[c]([Ti]([C]2=CC=CC2)([C]2=CC=CC2)[c]2c(F)c(F)c(OCCCCCCCCCC)c(F)c2F)c(F)c1F. The second-order valence-electron chi connectivity index (χ2n) is 14.0. The van der Waals surface area contributed by atoms with E-state index in [9.17, 15) is 0 Å². The molecule has 0 amide bonds. The van der Waals surface area contributed by atoms with E-state index in [-0.39, 0.29) is 33.8 Å². The monoisotopic (exact) mass is 788 g/mol. The van der Waals surface area contributed by atoms with Gasteiger partial charge in [-0.15, -0.1) is 0 Å². The first kappa shape index (κ1) is 42.9. The molecule has 0 saturated carbocycles. The van der Waals surface area contributed by atoms with Crippen molar-refractivity contribution in [2.75, 3.05) is 13.2 Å². The van der Waals surface area contributed by atoms with E-state index < -0.39 is 82.4 Å². The fourth-order valence-electron chi connectivity index (χ4n) is 7.38. The van der Waals surface area contributed by atoms with Gasteiger partial charge in [0.1, 0.15) is 0 Å². The van der Waals surface area contributed by atoms with Crippen LogP contribution >= 0.6 is 0 Å². The Balaban J connectivity index is 1.71. The van der Waals surface area contributed by atoms with Gasteiger partial charge in [-0.05, 0) is 0 Å². The predicted molar refractivity (Wildman–Crippen MR) is 192 cm³/mol. The van der Waals surface area contributed by atoms with E-state index in [0.717, 1.165) is 77.0 Å². The number of allylic oxidation sites excluding steroid dienone is 8. The van der Waals surface area contributed by atoms with Gasteiger partial charge in [0.05, 0.1) is 0 Å². The first-order valence-corrected chi connectivity index (χ1v) is 22.5. The van der Waals surface area contributed by atoms with Gasteiger partial charge in [0.2, 0.25) is 0 Å². The molecule has 0 fully saturated rings. The zero-order valence-corrected chi connectivity index (χ0v) is 32.5. The van der Waals surface area contributed by atoms with Crippen LogP contribution in [-0.2, 0) is 16.6 Å². The number of hydrogen-bond donors (Lipinski definition) is 0. The van der Waals surface area contributed by atoms with Crippen molar-refractivity contribution < 1.29 is 61.2 Å². The van der Waals surface area contributed by atoms with Crippen LogP contribution in [-0.4, -0.2) is 13.2 Å². The molecule has 11 heteroatoms. The number of rotatable bonds is 24. The van der Waals surface area contributed by atoms with Crippen molar-refractivity contribution in [2.45, 2.75) is 129 Å². The second kappa shape index (κ2) is 21.3. The molecule has 0 saturated heterocycles. The summed E-state index contributed by atoms with van der Waals surface area (Å²) in [5.41, 5.74) is 0. The van der Waals surface area contributed by atoms with Crippen molar-refractivity contribution in [1.29, 1.82) is 0 Å². The van der Waals surface area contributed by atoms with Gasteiger partial charge in [0, 0.05) is 0 Å². The molecule has 53 heavy (non-hydrogen) atoms. The average Bonchev–Trinajstić information content (AvgIpc) is 3.90. The molecule has 292 valence electrons. The summed E-state index contributed by atoms with van der Waals surface area (Å²) in [5.74, 6) is -17.7.